The topological polar surface area (TPSA) is 149 Å². The van der Waals surface area contributed by atoms with Crippen LogP contribution in [-0.4, -0.2) is 44.2 Å². The highest BCUT2D eigenvalue weighted by atomic mass is 19.1. The van der Waals surface area contributed by atoms with Gasteiger partial charge >= 0.3 is 0 Å². The molecule has 1 aliphatic rings. The van der Waals surface area contributed by atoms with Gasteiger partial charge in [0.25, 0.3) is 5.91 Å². The molecule has 1 aliphatic heterocycles. The summed E-state index contributed by atoms with van der Waals surface area (Å²) in [4.78, 5) is 25.1. The minimum absolute atomic E-state index is 0.0109. The number of nitrogens with one attached hydrogen (secondary N) is 1. The second-order valence-corrected chi connectivity index (χ2v) is 8.73. The summed E-state index contributed by atoms with van der Waals surface area (Å²) in [5.41, 5.74) is 12.2. The third-order valence-corrected chi connectivity index (χ3v) is 5.91. The van der Waals surface area contributed by atoms with E-state index in [1.165, 1.54) is 12.3 Å². The number of carbonyl (C=O) groups excluding carboxylic acids is 1. The molecule has 9 nitrogen and oxygen atoms in total. The first-order valence-corrected chi connectivity index (χ1v) is 11.1. The fraction of sp³-hybridized carbons (Fsp3) is 0.333. The van der Waals surface area contributed by atoms with Crippen LogP contribution in [0.5, 0.6) is 0 Å². The number of halogens is 2. The Kier molecular flexibility index (Phi) is 7.01. The van der Waals surface area contributed by atoms with Gasteiger partial charge in [-0.25, -0.2) is 18.7 Å². The van der Waals surface area contributed by atoms with Crippen molar-refractivity contribution >= 4 is 17.3 Å². The van der Waals surface area contributed by atoms with Gasteiger partial charge in [-0.2, -0.15) is 0 Å². The van der Waals surface area contributed by atoms with Gasteiger partial charge in [0.1, 0.15) is 11.6 Å². The molecule has 4 atom stereocenters. The molecule has 4 rings (SSSR count). The van der Waals surface area contributed by atoms with Crippen molar-refractivity contribution in [2.45, 2.75) is 44.6 Å². The molecule has 0 radical (unpaired) electrons. The molecule has 11 heteroatoms. The summed E-state index contributed by atoms with van der Waals surface area (Å²) in [6.07, 6.45) is 2.61. The fourth-order valence-electron chi connectivity index (χ4n) is 4.08. The summed E-state index contributed by atoms with van der Waals surface area (Å²) in [6, 6.07) is 4.51. The van der Waals surface area contributed by atoms with E-state index in [1.807, 2.05) is 13.8 Å². The van der Waals surface area contributed by atoms with Gasteiger partial charge in [0.2, 0.25) is 0 Å². The van der Waals surface area contributed by atoms with Gasteiger partial charge in [-0.05, 0) is 30.5 Å². The molecule has 1 aromatic carbocycles. The number of hydrogen-bond acceptors (Lipinski definition) is 8. The Morgan fingerprint density at radius 1 is 1.23 bits per heavy atom. The number of anilines is 2. The number of hydrogen-bond donors (Lipinski definition) is 4. The lowest BCUT2D eigenvalue weighted by Gasteiger charge is -2.40. The van der Waals surface area contributed by atoms with Crippen LogP contribution in [-0.2, 0) is 4.74 Å². The van der Waals surface area contributed by atoms with E-state index in [1.54, 1.807) is 12.3 Å². The highest BCUT2D eigenvalue weighted by Gasteiger charge is 2.38. The monoisotopic (exact) mass is 484 g/mol. The Morgan fingerprint density at radius 3 is 2.63 bits per heavy atom. The maximum absolute atomic E-state index is 14.2. The van der Waals surface area contributed by atoms with Gasteiger partial charge < -0.3 is 26.6 Å². The first-order chi connectivity index (χ1) is 16.7. The van der Waals surface area contributed by atoms with Crippen LogP contribution in [0, 0.1) is 17.6 Å². The predicted octanol–water partition coefficient (Wildman–Crippen LogP) is 2.83. The number of aliphatic hydroxyl groups excluding tert-OH is 1. The van der Waals surface area contributed by atoms with Crippen molar-refractivity contribution in [3.63, 3.8) is 0 Å². The number of rotatable bonds is 5. The molecular formula is C24H26F2N6O3. The molecule has 35 heavy (non-hydrogen) atoms. The van der Waals surface area contributed by atoms with E-state index < -0.39 is 47.5 Å². The molecule has 1 amide bonds. The minimum Gasteiger partial charge on any atom is -0.396 e. The molecule has 3 heterocycles. The molecule has 2 aromatic heterocycles. The highest BCUT2D eigenvalue weighted by molar-refractivity contribution is 6.06. The second kappa shape index (κ2) is 9.98. The Labute approximate surface area is 200 Å². The summed E-state index contributed by atoms with van der Waals surface area (Å²) in [5, 5.41) is 13.1. The van der Waals surface area contributed by atoms with E-state index in [2.05, 4.69) is 20.3 Å². The van der Waals surface area contributed by atoms with Crippen LogP contribution in [0.3, 0.4) is 0 Å². The fourth-order valence-corrected chi connectivity index (χ4v) is 4.08. The Bertz CT molecular complexity index is 1220. The molecule has 0 saturated carbocycles. The average molecular weight is 485 g/mol. The van der Waals surface area contributed by atoms with Gasteiger partial charge in [0.15, 0.2) is 11.5 Å². The van der Waals surface area contributed by atoms with E-state index in [0.717, 1.165) is 18.3 Å². The quantitative estimate of drug-likeness (QED) is 0.432. The zero-order valence-electron chi connectivity index (χ0n) is 19.2. The molecular weight excluding hydrogens is 458 g/mol. The molecule has 3 aromatic rings. The van der Waals surface area contributed by atoms with Gasteiger partial charge in [0, 0.05) is 17.8 Å². The van der Waals surface area contributed by atoms with Crippen LogP contribution in [0.25, 0.3) is 11.4 Å². The molecule has 0 bridgehead atoms. The largest absolute Gasteiger partial charge is 0.396 e. The third kappa shape index (κ3) is 4.97. The summed E-state index contributed by atoms with van der Waals surface area (Å²) in [5.74, 6) is -2.78. The number of aliphatic hydroxyl groups is 1. The van der Waals surface area contributed by atoms with E-state index in [-0.39, 0.29) is 23.1 Å². The highest BCUT2D eigenvalue weighted by Crippen LogP contribution is 2.37. The number of carbonyl (C=O) groups is 1. The number of nitrogens with two attached hydrogens (primary N) is 2. The Morgan fingerprint density at radius 2 is 1.94 bits per heavy atom. The van der Waals surface area contributed by atoms with E-state index >= 15 is 0 Å². The zero-order valence-corrected chi connectivity index (χ0v) is 19.2. The van der Waals surface area contributed by atoms with Gasteiger partial charge in [-0.15, -0.1) is 0 Å². The smallest absolute Gasteiger partial charge is 0.276 e. The molecule has 1 fully saturated rings. The first kappa shape index (κ1) is 24.6. The van der Waals surface area contributed by atoms with E-state index in [9.17, 15) is 18.7 Å². The van der Waals surface area contributed by atoms with Gasteiger partial charge in [-0.1, -0.05) is 19.9 Å². The maximum Gasteiger partial charge on any atom is 0.276 e. The normalized spacial score (nSPS) is 22.3. The van der Waals surface area contributed by atoms with Crippen LogP contribution < -0.4 is 16.8 Å². The summed E-state index contributed by atoms with van der Waals surface area (Å²) < 4.78 is 34.6. The van der Waals surface area contributed by atoms with Crippen molar-refractivity contribution in [2.75, 3.05) is 11.1 Å². The number of benzene rings is 1. The molecule has 184 valence electrons. The maximum atomic E-state index is 14.2. The van der Waals surface area contributed by atoms with Crippen molar-refractivity contribution in [1.82, 2.24) is 15.0 Å². The van der Waals surface area contributed by atoms with Crippen molar-refractivity contribution in [3.8, 4) is 11.4 Å². The van der Waals surface area contributed by atoms with E-state index in [0.29, 0.717) is 17.7 Å². The van der Waals surface area contributed by atoms with Crippen LogP contribution in [0.1, 0.15) is 42.4 Å². The number of nitrogens with zero attached hydrogens (tertiary/aromatic N) is 3. The number of pyridine rings is 1. The summed E-state index contributed by atoms with van der Waals surface area (Å²) in [7, 11) is 0. The Hall–Kier alpha value is -3.54. The molecule has 0 spiro atoms. The van der Waals surface area contributed by atoms with E-state index in [4.69, 9.17) is 16.2 Å². The molecule has 6 N–H and O–H groups in total. The third-order valence-electron chi connectivity index (χ3n) is 5.91. The first-order valence-electron chi connectivity index (χ1n) is 11.1. The standard InChI is InChI=1S/C24H26F2N6O3/c1-11(2)22-21(33)15(27)8-18(35-22)12-6-7-29-10-17(12)31-24(34)20-16(28)9-30-23(32-20)19-13(25)4-3-5-14(19)26/h3-7,9-11,15,18,21-22,33H,8,27-28H2,1-2H3,(H,31,34)/t15-,18-,21+,22-/m1/s1. The molecule has 1 saturated heterocycles. The van der Waals surface area contributed by atoms with Gasteiger partial charge in [0.05, 0.1) is 47.6 Å². The summed E-state index contributed by atoms with van der Waals surface area (Å²) in [6.45, 7) is 3.85. The number of nitrogen functional groups attached to an aromatic ring is 1. The predicted molar refractivity (Wildman–Crippen MR) is 125 cm³/mol. The average Bonchev–Trinajstić information content (AvgIpc) is 2.81. The number of amides is 1. The SMILES string of the molecule is CC(C)[C@H]1O[C@@H](c2ccncc2NC(=O)c2nc(-c3c(F)cccc3F)ncc2N)C[C@@H](N)[C@@H]1O. The zero-order chi connectivity index (χ0) is 25.3. The lowest BCUT2D eigenvalue weighted by atomic mass is 9.88. The van der Waals surface area contributed by atoms with Crippen molar-refractivity contribution in [3.05, 3.63) is 65.7 Å². The second-order valence-electron chi connectivity index (χ2n) is 8.73. The van der Waals surface area contributed by atoms with Crippen molar-refractivity contribution < 1.29 is 23.4 Å². The molecule has 0 unspecified atom stereocenters. The van der Waals surface area contributed by atoms with Gasteiger partial charge in [-0.3, -0.25) is 9.78 Å². The van der Waals surface area contributed by atoms with Crippen molar-refractivity contribution in [2.24, 2.45) is 11.7 Å². The number of ether oxygens (including phenoxy) is 1. The van der Waals surface area contributed by atoms with Crippen LogP contribution in [0.4, 0.5) is 20.2 Å². The van der Waals surface area contributed by atoms with Crippen LogP contribution in [0.15, 0.2) is 42.9 Å². The lowest BCUT2D eigenvalue weighted by molar-refractivity contribution is -0.145. The summed E-state index contributed by atoms with van der Waals surface area (Å²) >= 11 is 0. The van der Waals surface area contributed by atoms with Crippen LogP contribution >= 0.6 is 0 Å². The van der Waals surface area contributed by atoms with Crippen LogP contribution in [0.2, 0.25) is 0 Å². The van der Waals surface area contributed by atoms with Crippen molar-refractivity contribution in [1.29, 1.82) is 0 Å². The molecule has 0 aliphatic carbocycles. The lowest BCUT2D eigenvalue weighted by Crippen LogP contribution is -2.51. The number of aromatic nitrogens is 3. The minimum atomic E-state index is -0.872. The Balaban J connectivity index is 1.64.